The van der Waals surface area contributed by atoms with Gasteiger partial charge in [-0.2, -0.15) is 0 Å². The topological polar surface area (TPSA) is 88.7 Å². The molecule has 0 aliphatic rings. The largest absolute Gasteiger partial charge is 0.486 e. The fourth-order valence-corrected chi connectivity index (χ4v) is 2.28. The van der Waals surface area contributed by atoms with Crippen LogP contribution in [0.3, 0.4) is 0 Å². The summed E-state index contributed by atoms with van der Waals surface area (Å²) in [5, 5.41) is 6.26. The van der Waals surface area contributed by atoms with Crippen LogP contribution in [0.4, 0.5) is 4.39 Å². The smallest absolute Gasteiger partial charge is 0.248 e. The molecule has 2 aromatic carbocycles. The van der Waals surface area contributed by atoms with Crippen molar-refractivity contribution in [2.75, 3.05) is 13.6 Å². The van der Waals surface area contributed by atoms with Crippen molar-refractivity contribution in [1.82, 2.24) is 10.6 Å². The van der Waals surface area contributed by atoms with Crippen molar-refractivity contribution >= 4 is 11.9 Å². The zero-order chi connectivity index (χ0) is 18.9. The van der Waals surface area contributed by atoms with Crippen LogP contribution >= 0.6 is 0 Å². The second kappa shape index (κ2) is 9.41. The molecular formula is C19H23FN4O2. The van der Waals surface area contributed by atoms with Crippen molar-refractivity contribution in [2.24, 2.45) is 10.7 Å². The molecule has 0 aliphatic heterocycles. The Morgan fingerprint density at radius 1 is 1.23 bits per heavy atom. The number of rotatable bonds is 7. The molecule has 0 saturated heterocycles. The number of aliphatic imine (C=N–C) groups is 1. The van der Waals surface area contributed by atoms with Crippen molar-refractivity contribution < 1.29 is 13.9 Å². The molecule has 26 heavy (non-hydrogen) atoms. The fraction of sp³-hybridized carbons (Fsp3) is 0.263. The number of nitrogens with zero attached hydrogens (tertiary/aromatic N) is 1. The summed E-state index contributed by atoms with van der Waals surface area (Å²) >= 11 is 0. The summed E-state index contributed by atoms with van der Waals surface area (Å²) in [6.07, 6.45) is -0.261. The summed E-state index contributed by atoms with van der Waals surface area (Å²) in [5.41, 5.74) is 6.64. The first-order valence-electron chi connectivity index (χ1n) is 8.24. The highest BCUT2D eigenvalue weighted by Crippen LogP contribution is 2.16. The lowest BCUT2D eigenvalue weighted by Crippen LogP contribution is -2.41. The molecule has 0 spiro atoms. The summed E-state index contributed by atoms with van der Waals surface area (Å²) in [6, 6.07) is 13.3. The number of para-hydroxylation sites is 1. The first-order chi connectivity index (χ1) is 12.5. The summed E-state index contributed by atoms with van der Waals surface area (Å²) in [4.78, 5) is 15.4. The van der Waals surface area contributed by atoms with Crippen molar-refractivity contribution in [3.05, 3.63) is 65.5 Å². The predicted octanol–water partition coefficient (Wildman–Crippen LogP) is 2.06. The number of nitrogens with two attached hydrogens (primary N) is 1. The van der Waals surface area contributed by atoms with E-state index in [1.54, 1.807) is 43.4 Å². The van der Waals surface area contributed by atoms with Crippen LogP contribution in [0.2, 0.25) is 0 Å². The third-order valence-corrected chi connectivity index (χ3v) is 3.62. The summed E-state index contributed by atoms with van der Waals surface area (Å²) in [7, 11) is 1.65. The molecule has 0 aromatic heterocycles. The Labute approximate surface area is 152 Å². The van der Waals surface area contributed by atoms with Crippen LogP contribution in [-0.2, 0) is 6.54 Å². The number of nitrogens with one attached hydrogen (secondary N) is 2. The lowest BCUT2D eigenvalue weighted by atomic mass is 10.1. The number of carbonyl (C=O) groups excluding carboxylic acids is 1. The highest BCUT2D eigenvalue weighted by Gasteiger charge is 2.09. The third kappa shape index (κ3) is 5.77. The Kier molecular flexibility index (Phi) is 6.96. The minimum atomic E-state index is -0.464. The summed E-state index contributed by atoms with van der Waals surface area (Å²) in [6.45, 7) is 2.75. The van der Waals surface area contributed by atoms with Gasteiger partial charge in [-0.1, -0.05) is 24.3 Å². The fourth-order valence-electron chi connectivity index (χ4n) is 2.28. The molecule has 6 nitrogen and oxygen atoms in total. The second-order valence-electron chi connectivity index (χ2n) is 5.73. The number of hydrogen-bond acceptors (Lipinski definition) is 3. The zero-order valence-corrected chi connectivity index (χ0v) is 14.8. The van der Waals surface area contributed by atoms with Gasteiger partial charge in [0.05, 0.1) is 6.54 Å². The quantitative estimate of drug-likeness (QED) is 0.522. The van der Waals surface area contributed by atoms with E-state index in [2.05, 4.69) is 15.6 Å². The van der Waals surface area contributed by atoms with Gasteiger partial charge in [-0.15, -0.1) is 0 Å². The van der Waals surface area contributed by atoms with Crippen molar-refractivity contribution in [3.8, 4) is 5.75 Å². The molecule has 2 aromatic rings. The van der Waals surface area contributed by atoms with E-state index >= 15 is 0 Å². The first kappa shape index (κ1) is 19.2. The lowest BCUT2D eigenvalue weighted by molar-refractivity contribution is 0.1000. The Bertz CT molecular complexity index is 780. The van der Waals surface area contributed by atoms with Gasteiger partial charge >= 0.3 is 0 Å². The molecular weight excluding hydrogens is 335 g/mol. The Hall–Kier alpha value is -3.09. The van der Waals surface area contributed by atoms with Crippen LogP contribution < -0.4 is 21.1 Å². The zero-order valence-electron chi connectivity index (χ0n) is 14.8. The van der Waals surface area contributed by atoms with E-state index in [0.29, 0.717) is 24.6 Å². The molecule has 1 amide bonds. The monoisotopic (exact) mass is 358 g/mol. The highest BCUT2D eigenvalue weighted by atomic mass is 19.1. The minimum Gasteiger partial charge on any atom is -0.486 e. The van der Waals surface area contributed by atoms with Gasteiger partial charge in [-0.25, -0.2) is 4.39 Å². The molecule has 0 radical (unpaired) electrons. The normalized spacial score (nSPS) is 12.3. The number of guanidine groups is 1. The van der Waals surface area contributed by atoms with Crippen LogP contribution in [0, 0.1) is 5.82 Å². The van der Waals surface area contributed by atoms with Gasteiger partial charge in [0, 0.05) is 19.2 Å². The molecule has 1 atom stereocenters. The van der Waals surface area contributed by atoms with Crippen LogP contribution in [0.1, 0.15) is 22.8 Å². The predicted molar refractivity (Wildman–Crippen MR) is 99.7 cm³/mol. The van der Waals surface area contributed by atoms with E-state index < -0.39 is 11.7 Å². The summed E-state index contributed by atoms with van der Waals surface area (Å²) < 4.78 is 19.2. The molecule has 1 unspecified atom stereocenters. The molecule has 4 N–H and O–H groups in total. The Morgan fingerprint density at radius 3 is 2.69 bits per heavy atom. The van der Waals surface area contributed by atoms with Crippen molar-refractivity contribution in [1.29, 1.82) is 0 Å². The maximum atomic E-state index is 13.6. The SMILES string of the molecule is CN=C(NCc1cccc(C(N)=O)c1)NCC(C)Oc1ccccc1F. The highest BCUT2D eigenvalue weighted by molar-refractivity contribution is 5.92. The maximum Gasteiger partial charge on any atom is 0.248 e. The van der Waals surface area contributed by atoms with Crippen LogP contribution in [0.25, 0.3) is 0 Å². The van der Waals surface area contributed by atoms with Gasteiger partial charge in [-0.3, -0.25) is 9.79 Å². The molecule has 0 saturated carbocycles. The molecule has 7 heteroatoms. The number of carbonyl (C=O) groups is 1. The average molecular weight is 358 g/mol. The molecule has 0 heterocycles. The molecule has 0 bridgehead atoms. The van der Waals surface area contributed by atoms with E-state index in [4.69, 9.17) is 10.5 Å². The molecule has 138 valence electrons. The van der Waals surface area contributed by atoms with Gasteiger partial charge in [0.1, 0.15) is 6.10 Å². The van der Waals surface area contributed by atoms with Crippen LogP contribution in [0.15, 0.2) is 53.5 Å². The standard InChI is InChI=1S/C19H23FN4O2/c1-13(26-17-9-4-3-8-16(17)20)11-23-19(22-2)24-12-14-6-5-7-15(10-14)18(21)25/h3-10,13H,11-12H2,1-2H3,(H2,21,25)(H2,22,23,24). The van der Waals surface area contributed by atoms with E-state index in [1.807, 2.05) is 13.0 Å². The van der Waals surface area contributed by atoms with E-state index in [-0.39, 0.29) is 11.9 Å². The number of benzene rings is 2. The maximum absolute atomic E-state index is 13.6. The van der Waals surface area contributed by atoms with Gasteiger partial charge in [0.25, 0.3) is 0 Å². The van der Waals surface area contributed by atoms with Crippen molar-refractivity contribution in [3.63, 3.8) is 0 Å². The van der Waals surface area contributed by atoms with Crippen molar-refractivity contribution in [2.45, 2.75) is 19.6 Å². The number of amides is 1. The van der Waals surface area contributed by atoms with Crippen LogP contribution in [0.5, 0.6) is 5.75 Å². The third-order valence-electron chi connectivity index (χ3n) is 3.62. The van der Waals surface area contributed by atoms with Gasteiger partial charge < -0.3 is 21.1 Å². The van der Waals surface area contributed by atoms with Gasteiger partial charge in [-0.05, 0) is 36.8 Å². The molecule has 2 rings (SSSR count). The molecule has 0 fully saturated rings. The first-order valence-corrected chi connectivity index (χ1v) is 8.24. The van der Waals surface area contributed by atoms with Gasteiger partial charge in [0.2, 0.25) is 5.91 Å². The number of primary amides is 1. The number of halogens is 1. The Balaban J connectivity index is 1.83. The lowest BCUT2D eigenvalue weighted by Gasteiger charge is -2.18. The van der Waals surface area contributed by atoms with E-state index in [9.17, 15) is 9.18 Å². The average Bonchev–Trinajstić information content (AvgIpc) is 2.64. The number of ether oxygens (including phenoxy) is 1. The Morgan fingerprint density at radius 2 is 2.00 bits per heavy atom. The van der Waals surface area contributed by atoms with Gasteiger partial charge in [0.15, 0.2) is 17.5 Å². The van der Waals surface area contributed by atoms with E-state index in [0.717, 1.165) is 5.56 Å². The molecule has 0 aliphatic carbocycles. The summed E-state index contributed by atoms with van der Waals surface area (Å²) in [5.74, 6) is -0.0730. The minimum absolute atomic E-state index is 0.216. The van der Waals surface area contributed by atoms with Crippen LogP contribution in [-0.4, -0.2) is 31.6 Å². The second-order valence-corrected chi connectivity index (χ2v) is 5.73. The number of hydrogen-bond donors (Lipinski definition) is 3. The van der Waals surface area contributed by atoms with E-state index in [1.165, 1.54) is 6.07 Å².